The van der Waals surface area contributed by atoms with Gasteiger partial charge in [0.05, 0.1) is 16.8 Å². The highest BCUT2D eigenvalue weighted by Gasteiger charge is 2.49. The van der Waals surface area contributed by atoms with Gasteiger partial charge in [0.1, 0.15) is 5.69 Å². The summed E-state index contributed by atoms with van der Waals surface area (Å²) in [6, 6.07) is 6.86. The van der Waals surface area contributed by atoms with Crippen LogP contribution < -0.4 is 33.4 Å². The summed E-state index contributed by atoms with van der Waals surface area (Å²) in [5.41, 5.74) is 16.5. The second kappa shape index (κ2) is 8.04. The van der Waals surface area contributed by atoms with E-state index in [9.17, 15) is 14.4 Å². The van der Waals surface area contributed by atoms with Crippen LogP contribution in [-0.4, -0.2) is 27.7 Å². The summed E-state index contributed by atoms with van der Waals surface area (Å²) >= 11 is 0. The van der Waals surface area contributed by atoms with Crippen LogP contribution in [0.5, 0.6) is 0 Å². The number of carbonyl (C=O) groups excluding carboxylic acids is 3. The molecule has 0 atom stereocenters. The number of anilines is 2. The van der Waals surface area contributed by atoms with E-state index in [1.807, 2.05) is 4.57 Å². The maximum atomic E-state index is 13.2. The minimum absolute atomic E-state index is 0.285. The van der Waals surface area contributed by atoms with E-state index in [1.165, 1.54) is 6.20 Å². The highest BCUT2D eigenvalue weighted by Crippen LogP contribution is 2.40. The van der Waals surface area contributed by atoms with Gasteiger partial charge >= 0.3 is 0 Å². The van der Waals surface area contributed by atoms with Crippen molar-refractivity contribution in [2.45, 2.75) is 44.7 Å². The summed E-state index contributed by atoms with van der Waals surface area (Å²) in [4.78, 5) is 39.2. The zero-order valence-electron chi connectivity index (χ0n) is 17.8. The predicted octanol–water partition coefficient (Wildman–Crippen LogP) is 0.672. The van der Waals surface area contributed by atoms with Crippen LogP contribution in [0.15, 0.2) is 36.2 Å². The number of nitrogens with two attached hydrogens (primary N) is 3. The fraction of sp³-hybridized carbons (Fsp3) is 0.318. The zero-order valence-corrected chi connectivity index (χ0v) is 17.8. The minimum Gasteiger partial charge on any atom is -0.403 e. The normalized spacial score (nSPS) is 16.2. The first kappa shape index (κ1) is 21.4. The number of nitrogens with zero attached hydrogens (tertiary/aromatic N) is 1. The maximum Gasteiger partial charge on any atom is 0.293 e. The van der Waals surface area contributed by atoms with Crippen molar-refractivity contribution in [2.24, 2.45) is 11.6 Å². The molecule has 0 bridgehead atoms. The largest absolute Gasteiger partial charge is 0.403 e. The van der Waals surface area contributed by atoms with Crippen LogP contribution in [0.2, 0.25) is 0 Å². The van der Waals surface area contributed by atoms with E-state index in [-0.39, 0.29) is 11.5 Å². The molecule has 0 saturated heterocycles. The van der Waals surface area contributed by atoms with Gasteiger partial charge in [-0.2, -0.15) is 0 Å². The lowest BCUT2D eigenvalue weighted by Gasteiger charge is -2.19. The Balaban J connectivity index is 1.62. The Bertz CT molecular complexity index is 1140. The molecule has 2 aromatic rings. The maximum absolute atomic E-state index is 13.2. The van der Waals surface area contributed by atoms with E-state index >= 15 is 0 Å². The Kier molecular flexibility index (Phi) is 5.39. The summed E-state index contributed by atoms with van der Waals surface area (Å²) in [5.74, 6) is 3.72. The Labute approximate surface area is 185 Å². The third kappa shape index (κ3) is 3.58. The smallest absolute Gasteiger partial charge is 0.293 e. The Morgan fingerprint density at radius 3 is 2.59 bits per heavy atom. The first-order valence-electron chi connectivity index (χ1n) is 10.5. The van der Waals surface area contributed by atoms with E-state index in [1.54, 1.807) is 31.2 Å². The molecule has 0 unspecified atom stereocenters. The molecular formula is C22H27N7O3. The number of nitrogen functional groups attached to an aromatic ring is 1. The van der Waals surface area contributed by atoms with E-state index in [0.717, 1.165) is 6.42 Å². The predicted molar refractivity (Wildman–Crippen MR) is 120 cm³/mol. The van der Waals surface area contributed by atoms with Gasteiger partial charge in [-0.25, -0.2) is 0 Å². The molecule has 10 heteroatoms. The van der Waals surface area contributed by atoms with Crippen molar-refractivity contribution in [3.8, 4) is 0 Å². The summed E-state index contributed by atoms with van der Waals surface area (Å²) in [7, 11) is 0. The van der Waals surface area contributed by atoms with Crippen molar-refractivity contribution in [2.75, 3.05) is 11.1 Å². The second-order valence-electron chi connectivity index (χ2n) is 8.22. The molecule has 10 nitrogen and oxygen atoms in total. The average Bonchev–Trinajstić information content (AvgIpc) is 3.26. The molecule has 168 valence electrons. The van der Waals surface area contributed by atoms with Gasteiger partial charge in [0, 0.05) is 29.8 Å². The molecule has 2 aliphatic rings. The van der Waals surface area contributed by atoms with Gasteiger partial charge in [0.2, 0.25) is 0 Å². The number of fused-ring (bicyclic) bond motifs is 1. The van der Waals surface area contributed by atoms with Crippen LogP contribution in [0.25, 0.3) is 0 Å². The van der Waals surface area contributed by atoms with Gasteiger partial charge in [-0.3, -0.25) is 20.2 Å². The standard InChI is InChI=1S/C22H27N7O3/c1-12-17(19(30)21(32)27-22(7-8-22)16(11-23)28-25)15-6-3-9-29(15)18(12)20(31)26-14-5-2-4-13(24)10-14/h2,4-5,10-11,28H,3,6-9,23-25H2,1H3,(H,26,31)(H,27,32)/b16-11-. The molecule has 1 aliphatic carbocycles. The molecular weight excluding hydrogens is 410 g/mol. The topological polar surface area (TPSA) is 170 Å². The molecule has 0 radical (unpaired) electrons. The molecule has 1 fully saturated rings. The first-order chi connectivity index (χ1) is 15.3. The van der Waals surface area contributed by atoms with E-state index in [0.29, 0.717) is 59.8 Å². The van der Waals surface area contributed by atoms with E-state index in [2.05, 4.69) is 16.1 Å². The third-order valence-corrected chi connectivity index (χ3v) is 6.14. The highest BCUT2D eigenvalue weighted by molar-refractivity contribution is 6.44. The number of carbonyl (C=O) groups is 3. The summed E-state index contributed by atoms with van der Waals surface area (Å²) < 4.78 is 1.83. The van der Waals surface area contributed by atoms with Crippen LogP contribution >= 0.6 is 0 Å². The number of Topliss-reactive ketones (excluding diaryl/α,β-unsaturated/α-hetero) is 1. The number of aromatic nitrogens is 1. The monoisotopic (exact) mass is 437 g/mol. The van der Waals surface area contributed by atoms with Crippen LogP contribution in [0.3, 0.4) is 0 Å². The quantitative estimate of drug-likeness (QED) is 0.121. The fourth-order valence-corrected chi connectivity index (χ4v) is 4.44. The Morgan fingerprint density at radius 1 is 1.22 bits per heavy atom. The first-order valence-corrected chi connectivity index (χ1v) is 10.5. The number of nitrogens with one attached hydrogen (secondary N) is 3. The molecule has 2 heterocycles. The molecule has 0 spiro atoms. The van der Waals surface area contributed by atoms with Crippen molar-refractivity contribution >= 4 is 29.0 Å². The average molecular weight is 438 g/mol. The van der Waals surface area contributed by atoms with Gasteiger partial charge in [-0.1, -0.05) is 6.07 Å². The van der Waals surface area contributed by atoms with Crippen molar-refractivity contribution in [1.29, 1.82) is 0 Å². The Hall–Kier alpha value is -3.79. The van der Waals surface area contributed by atoms with Crippen molar-refractivity contribution < 1.29 is 14.4 Å². The van der Waals surface area contributed by atoms with Gasteiger partial charge in [0.15, 0.2) is 0 Å². The molecule has 9 N–H and O–H groups in total. The number of benzene rings is 1. The van der Waals surface area contributed by atoms with Crippen molar-refractivity contribution in [1.82, 2.24) is 15.3 Å². The van der Waals surface area contributed by atoms with Crippen LogP contribution in [-0.2, 0) is 17.8 Å². The number of amides is 2. The van der Waals surface area contributed by atoms with Crippen LogP contribution in [0, 0.1) is 6.92 Å². The van der Waals surface area contributed by atoms with E-state index in [4.69, 9.17) is 17.3 Å². The van der Waals surface area contributed by atoms with Gasteiger partial charge in [0.25, 0.3) is 17.6 Å². The fourth-order valence-electron chi connectivity index (χ4n) is 4.44. The number of hydrogen-bond donors (Lipinski definition) is 6. The number of rotatable bonds is 7. The number of hydrogen-bond acceptors (Lipinski definition) is 7. The zero-order chi connectivity index (χ0) is 23.0. The molecule has 32 heavy (non-hydrogen) atoms. The van der Waals surface area contributed by atoms with Gasteiger partial charge < -0.3 is 32.1 Å². The molecule has 1 aliphatic heterocycles. The Morgan fingerprint density at radius 2 is 1.97 bits per heavy atom. The second-order valence-corrected chi connectivity index (χ2v) is 8.22. The number of hydrazine groups is 1. The summed E-state index contributed by atoms with van der Waals surface area (Å²) in [5, 5.41) is 5.60. The lowest BCUT2D eigenvalue weighted by atomic mass is 10.0. The minimum atomic E-state index is -0.750. The molecule has 1 aromatic carbocycles. The molecule has 1 saturated carbocycles. The van der Waals surface area contributed by atoms with Gasteiger partial charge in [-0.05, 0) is 56.4 Å². The lowest BCUT2D eigenvalue weighted by Crippen LogP contribution is -2.47. The van der Waals surface area contributed by atoms with Crippen LogP contribution in [0.1, 0.15) is 51.4 Å². The summed E-state index contributed by atoms with van der Waals surface area (Å²) in [6.45, 7) is 2.30. The lowest BCUT2D eigenvalue weighted by molar-refractivity contribution is -0.117. The SMILES string of the molecule is Cc1c(C(=O)C(=O)NC2(/C(=C/N)NN)CC2)c2n(c1C(=O)Nc1cccc(N)c1)CCC2. The van der Waals surface area contributed by atoms with Crippen LogP contribution in [0.4, 0.5) is 11.4 Å². The molecule has 2 amide bonds. The number of ketones is 1. The van der Waals surface area contributed by atoms with Crippen molar-refractivity contribution in [3.05, 3.63) is 58.7 Å². The van der Waals surface area contributed by atoms with Gasteiger partial charge in [-0.15, -0.1) is 0 Å². The third-order valence-electron chi connectivity index (χ3n) is 6.14. The summed E-state index contributed by atoms with van der Waals surface area (Å²) in [6.07, 6.45) is 3.94. The molecule has 1 aromatic heterocycles. The van der Waals surface area contributed by atoms with Crippen molar-refractivity contribution in [3.63, 3.8) is 0 Å². The highest BCUT2D eigenvalue weighted by atomic mass is 16.2. The van der Waals surface area contributed by atoms with E-state index < -0.39 is 17.2 Å². The molecule has 4 rings (SSSR count).